The molecule has 0 bridgehead atoms. The van der Waals surface area contributed by atoms with Gasteiger partial charge in [0.25, 0.3) is 11.8 Å². The van der Waals surface area contributed by atoms with Gasteiger partial charge in [-0.1, -0.05) is 12.1 Å². The van der Waals surface area contributed by atoms with Gasteiger partial charge in [0.15, 0.2) is 5.65 Å². The van der Waals surface area contributed by atoms with Crippen molar-refractivity contribution in [3.05, 3.63) is 58.7 Å². The van der Waals surface area contributed by atoms with E-state index in [2.05, 4.69) is 5.10 Å². The molecule has 0 spiro atoms. The zero-order valence-corrected chi connectivity index (χ0v) is 18.3. The van der Waals surface area contributed by atoms with Crippen LogP contribution in [0, 0.1) is 12.7 Å². The Hall–Kier alpha value is -3.29. The van der Waals surface area contributed by atoms with Gasteiger partial charge in [-0.2, -0.15) is 5.10 Å². The maximum atomic E-state index is 14.1. The minimum absolute atomic E-state index is 0.0596. The van der Waals surface area contributed by atoms with E-state index in [-0.39, 0.29) is 17.4 Å². The molecular weight excluding hydrogens is 409 g/mol. The van der Waals surface area contributed by atoms with Crippen LogP contribution in [0.25, 0.3) is 11.0 Å². The Morgan fingerprint density at radius 3 is 2.31 bits per heavy atom. The molecule has 2 amide bonds. The van der Waals surface area contributed by atoms with Gasteiger partial charge in [-0.25, -0.2) is 9.37 Å². The lowest BCUT2D eigenvalue weighted by atomic mass is 10.1. The highest BCUT2D eigenvalue weighted by molar-refractivity contribution is 6.06. The van der Waals surface area contributed by atoms with Crippen LogP contribution in [-0.2, 0) is 7.05 Å². The number of rotatable bonds is 3. The summed E-state index contributed by atoms with van der Waals surface area (Å²) >= 11 is 0. The quantitative estimate of drug-likeness (QED) is 0.633. The minimum Gasteiger partial charge on any atom is -0.337 e. The molecule has 1 saturated heterocycles. The number of fused-ring (bicyclic) bond motifs is 1. The number of hydrogen-bond acceptors (Lipinski definition) is 4. The van der Waals surface area contributed by atoms with Gasteiger partial charge in [0.05, 0.1) is 22.2 Å². The van der Waals surface area contributed by atoms with Gasteiger partial charge < -0.3 is 9.80 Å². The molecular formula is C24H26FN5O2. The molecule has 2 aliphatic rings. The fraction of sp³-hybridized carbons (Fsp3) is 0.417. The van der Waals surface area contributed by atoms with Gasteiger partial charge in [0.2, 0.25) is 0 Å². The predicted octanol–water partition coefficient (Wildman–Crippen LogP) is 3.28. The molecule has 0 atom stereocenters. The van der Waals surface area contributed by atoms with Crippen LogP contribution in [-0.4, -0.2) is 62.6 Å². The third kappa shape index (κ3) is 3.63. The van der Waals surface area contributed by atoms with E-state index in [1.165, 1.54) is 12.1 Å². The minimum atomic E-state index is -0.520. The molecule has 1 aliphatic heterocycles. The lowest BCUT2D eigenvalue weighted by Gasteiger charge is -2.23. The smallest absolute Gasteiger partial charge is 0.256 e. The molecule has 166 valence electrons. The molecule has 0 unspecified atom stereocenters. The van der Waals surface area contributed by atoms with E-state index in [1.54, 1.807) is 26.6 Å². The van der Waals surface area contributed by atoms with E-state index in [0.29, 0.717) is 44.1 Å². The van der Waals surface area contributed by atoms with Crippen LogP contribution >= 0.6 is 0 Å². The summed E-state index contributed by atoms with van der Waals surface area (Å²) in [4.78, 5) is 34.7. The molecule has 0 radical (unpaired) electrons. The summed E-state index contributed by atoms with van der Waals surface area (Å²) in [5.41, 5.74) is 3.18. The van der Waals surface area contributed by atoms with E-state index in [9.17, 15) is 14.0 Å². The highest BCUT2D eigenvalue weighted by Crippen LogP contribution is 2.40. The van der Waals surface area contributed by atoms with Crippen LogP contribution < -0.4 is 0 Å². The summed E-state index contributed by atoms with van der Waals surface area (Å²) in [5.74, 6) is -0.494. The van der Waals surface area contributed by atoms with Crippen molar-refractivity contribution in [3.8, 4) is 0 Å². The van der Waals surface area contributed by atoms with Gasteiger partial charge in [0.1, 0.15) is 5.82 Å². The van der Waals surface area contributed by atoms with Gasteiger partial charge in [-0.3, -0.25) is 14.3 Å². The molecule has 5 rings (SSSR count). The zero-order valence-electron chi connectivity index (χ0n) is 18.3. The lowest BCUT2D eigenvalue weighted by molar-refractivity contribution is 0.0717. The molecule has 8 heteroatoms. The van der Waals surface area contributed by atoms with E-state index in [4.69, 9.17) is 4.98 Å². The summed E-state index contributed by atoms with van der Waals surface area (Å²) in [6.45, 7) is 3.70. The number of carbonyl (C=O) groups is 2. The number of halogens is 1. The first kappa shape index (κ1) is 20.6. The van der Waals surface area contributed by atoms with Gasteiger partial charge >= 0.3 is 0 Å². The summed E-state index contributed by atoms with van der Waals surface area (Å²) < 4.78 is 15.8. The number of aryl methyl sites for hydroxylation is 2. The summed E-state index contributed by atoms with van der Waals surface area (Å²) in [6, 6.07) is 7.96. The number of carbonyl (C=O) groups excluding carboxylic acids is 2. The molecule has 2 aromatic heterocycles. The Bertz CT molecular complexity index is 1220. The monoisotopic (exact) mass is 435 g/mol. The van der Waals surface area contributed by atoms with E-state index < -0.39 is 5.82 Å². The highest BCUT2D eigenvalue weighted by atomic mass is 19.1. The van der Waals surface area contributed by atoms with Crippen LogP contribution in [0.1, 0.15) is 57.3 Å². The van der Waals surface area contributed by atoms with Crippen molar-refractivity contribution in [1.29, 1.82) is 0 Å². The zero-order chi connectivity index (χ0) is 22.4. The average Bonchev–Trinajstić information content (AvgIpc) is 3.61. The largest absolute Gasteiger partial charge is 0.337 e. The van der Waals surface area contributed by atoms with Crippen molar-refractivity contribution >= 4 is 22.8 Å². The third-order valence-corrected chi connectivity index (χ3v) is 6.39. The fourth-order valence-corrected chi connectivity index (χ4v) is 4.52. The van der Waals surface area contributed by atoms with Crippen molar-refractivity contribution in [2.45, 2.75) is 32.1 Å². The van der Waals surface area contributed by atoms with E-state index in [1.807, 2.05) is 20.0 Å². The first-order valence-corrected chi connectivity index (χ1v) is 11.1. The maximum Gasteiger partial charge on any atom is 0.256 e. The van der Waals surface area contributed by atoms with Crippen molar-refractivity contribution in [3.63, 3.8) is 0 Å². The molecule has 2 fully saturated rings. The number of aromatic nitrogens is 3. The Morgan fingerprint density at radius 1 is 1.00 bits per heavy atom. The molecule has 3 aromatic rings. The number of hydrogen-bond donors (Lipinski definition) is 0. The van der Waals surface area contributed by atoms with Crippen LogP contribution in [0.15, 0.2) is 30.3 Å². The van der Waals surface area contributed by atoms with Crippen molar-refractivity contribution in [1.82, 2.24) is 24.6 Å². The Labute approximate surface area is 185 Å². The van der Waals surface area contributed by atoms with Gasteiger partial charge in [0, 0.05) is 44.8 Å². The fourth-order valence-electron chi connectivity index (χ4n) is 4.52. The van der Waals surface area contributed by atoms with Crippen molar-refractivity contribution < 1.29 is 14.0 Å². The lowest BCUT2D eigenvalue weighted by Crippen LogP contribution is -2.37. The molecule has 1 saturated carbocycles. The summed E-state index contributed by atoms with van der Waals surface area (Å²) in [7, 11) is 1.85. The number of amides is 2. The van der Waals surface area contributed by atoms with E-state index >= 15 is 0 Å². The van der Waals surface area contributed by atoms with E-state index in [0.717, 1.165) is 35.3 Å². The SMILES string of the molecule is Cc1nn(C)c2nc(C3CC3)cc(C(=O)N3CCCN(C(=O)c4ccccc4F)CC3)c12. The second-order valence-electron chi connectivity index (χ2n) is 8.69. The first-order chi connectivity index (χ1) is 15.4. The second-order valence-corrected chi connectivity index (χ2v) is 8.69. The number of benzene rings is 1. The second kappa shape index (κ2) is 8.00. The molecule has 1 aromatic carbocycles. The number of pyridine rings is 1. The van der Waals surface area contributed by atoms with Crippen LogP contribution in [0.2, 0.25) is 0 Å². The Kier molecular flexibility index (Phi) is 5.15. The van der Waals surface area contributed by atoms with Crippen LogP contribution in [0.4, 0.5) is 4.39 Å². The Balaban J connectivity index is 1.40. The van der Waals surface area contributed by atoms with Gasteiger partial charge in [-0.15, -0.1) is 0 Å². The number of nitrogens with zero attached hydrogens (tertiary/aromatic N) is 5. The molecule has 32 heavy (non-hydrogen) atoms. The third-order valence-electron chi connectivity index (χ3n) is 6.39. The molecule has 7 nitrogen and oxygen atoms in total. The van der Waals surface area contributed by atoms with Gasteiger partial charge in [-0.05, 0) is 44.4 Å². The highest BCUT2D eigenvalue weighted by Gasteiger charge is 2.31. The molecule has 0 N–H and O–H groups in total. The van der Waals surface area contributed by atoms with Crippen LogP contribution in [0.3, 0.4) is 0 Å². The van der Waals surface area contributed by atoms with Crippen molar-refractivity contribution in [2.75, 3.05) is 26.2 Å². The van der Waals surface area contributed by atoms with Crippen molar-refractivity contribution in [2.24, 2.45) is 7.05 Å². The summed E-state index contributed by atoms with van der Waals surface area (Å²) in [6.07, 6.45) is 2.83. The normalized spacial score (nSPS) is 17.0. The first-order valence-electron chi connectivity index (χ1n) is 11.1. The molecule has 1 aliphatic carbocycles. The topological polar surface area (TPSA) is 71.3 Å². The average molecular weight is 436 g/mol. The molecule has 3 heterocycles. The standard InChI is InChI=1S/C24H26FN5O2/c1-15-21-18(14-20(16-8-9-16)26-22(21)28(2)27-15)24(32)30-11-5-10-29(12-13-30)23(31)17-6-3-4-7-19(17)25/h3-4,6-7,14,16H,5,8-13H2,1-2H3. The predicted molar refractivity (Wildman–Crippen MR) is 118 cm³/mol. The Morgan fingerprint density at radius 2 is 1.66 bits per heavy atom. The van der Waals surface area contributed by atoms with Crippen LogP contribution in [0.5, 0.6) is 0 Å². The summed E-state index contributed by atoms with van der Waals surface area (Å²) in [5, 5.41) is 5.29. The maximum absolute atomic E-state index is 14.1.